The summed E-state index contributed by atoms with van der Waals surface area (Å²) in [6, 6.07) is 18.4. The van der Waals surface area contributed by atoms with Crippen LogP contribution in [0.15, 0.2) is 71.3 Å². The Morgan fingerprint density at radius 1 is 1.14 bits per heavy atom. The van der Waals surface area contributed by atoms with Gasteiger partial charge in [-0.05, 0) is 55.7 Å². The Bertz CT molecular complexity index is 1130. The first-order valence-electron chi connectivity index (χ1n) is 12.5. The number of hydrogen-bond donors (Lipinski definition) is 4. The van der Waals surface area contributed by atoms with Crippen molar-refractivity contribution >= 4 is 23.2 Å². The fourth-order valence-electron chi connectivity index (χ4n) is 4.43. The number of amides is 2. The molecule has 0 bridgehead atoms. The number of furan rings is 1. The molecule has 4 N–H and O–H groups in total. The number of carbonyl (C=O) groups is 2. The number of aliphatic hydroxyl groups is 1. The molecule has 0 saturated carbocycles. The number of aliphatic hydroxyl groups excluding tert-OH is 1. The van der Waals surface area contributed by atoms with Gasteiger partial charge < -0.3 is 30.4 Å². The third-order valence-electron chi connectivity index (χ3n) is 6.26. The second kappa shape index (κ2) is 12.4. The standard InChI is InChI=1S/C28H34N4O4/c1-2-30-22-15-21(16-23(17-22)32-12-6-11-27(32)34)28(35)31-25(14-20-8-4-3-5-9-20)26(33)19-29-18-24-10-7-13-36-24/h3-5,7-10,13,15-17,25-26,29-30,33H,2,6,11-12,14,18-19H2,1H3,(H,31,35)/t25-,26-/m0/s1. The molecular formula is C28H34N4O4. The van der Waals surface area contributed by atoms with Crippen molar-refractivity contribution in [1.82, 2.24) is 10.6 Å². The number of rotatable bonds is 12. The molecule has 1 aliphatic rings. The third-order valence-corrected chi connectivity index (χ3v) is 6.26. The molecule has 2 amide bonds. The van der Waals surface area contributed by atoms with Gasteiger partial charge in [-0.1, -0.05) is 30.3 Å². The molecule has 1 aromatic heterocycles. The van der Waals surface area contributed by atoms with Crippen LogP contribution < -0.4 is 20.9 Å². The van der Waals surface area contributed by atoms with Gasteiger partial charge in [-0.2, -0.15) is 0 Å². The highest BCUT2D eigenvalue weighted by molar-refractivity contribution is 6.00. The van der Waals surface area contributed by atoms with Gasteiger partial charge in [0.1, 0.15) is 5.76 Å². The van der Waals surface area contributed by atoms with E-state index in [4.69, 9.17) is 4.42 Å². The van der Waals surface area contributed by atoms with Crippen molar-refractivity contribution in [2.75, 3.05) is 29.9 Å². The minimum atomic E-state index is -0.833. The second-order valence-corrected chi connectivity index (χ2v) is 9.00. The molecule has 4 rings (SSSR count). The van der Waals surface area contributed by atoms with Crippen LogP contribution in [-0.2, 0) is 17.8 Å². The number of benzene rings is 2. The average molecular weight is 491 g/mol. The molecule has 1 saturated heterocycles. The van der Waals surface area contributed by atoms with Crippen molar-refractivity contribution < 1.29 is 19.1 Å². The molecule has 3 aromatic rings. The Hall–Kier alpha value is -3.62. The minimum Gasteiger partial charge on any atom is -0.468 e. The predicted molar refractivity (Wildman–Crippen MR) is 140 cm³/mol. The lowest BCUT2D eigenvalue weighted by atomic mass is 10.00. The van der Waals surface area contributed by atoms with Crippen LogP contribution in [0.5, 0.6) is 0 Å². The largest absolute Gasteiger partial charge is 0.468 e. The van der Waals surface area contributed by atoms with E-state index in [1.807, 2.05) is 55.5 Å². The molecule has 2 atom stereocenters. The summed E-state index contributed by atoms with van der Waals surface area (Å²) in [5, 5.41) is 20.5. The quantitative estimate of drug-likeness (QED) is 0.310. The average Bonchev–Trinajstić information content (AvgIpc) is 3.56. The molecule has 2 aromatic carbocycles. The fourth-order valence-corrected chi connectivity index (χ4v) is 4.43. The molecule has 36 heavy (non-hydrogen) atoms. The third kappa shape index (κ3) is 6.74. The van der Waals surface area contributed by atoms with Gasteiger partial charge >= 0.3 is 0 Å². The van der Waals surface area contributed by atoms with Gasteiger partial charge in [0.2, 0.25) is 5.91 Å². The van der Waals surface area contributed by atoms with Crippen molar-refractivity contribution in [2.24, 2.45) is 0 Å². The van der Waals surface area contributed by atoms with Gasteiger partial charge in [-0.15, -0.1) is 0 Å². The highest BCUT2D eigenvalue weighted by atomic mass is 16.3. The molecule has 8 nitrogen and oxygen atoms in total. The summed E-state index contributed by atoms with van der Waals surface area (Å²) < 4.78 is 5.34. The van der Waals surface area contributed by atoms with Crippen LogP contribution >= 0.6 is 0 Å². The van der Waals surface area contributed by atoms with Gasteiger partial charge in [0, 0.05) is 43.0 Å². The van der Waals surface area contributed by atoms with E-state index in [9.17, 15) is 14.7 Å². The molecule has 1 aliphatic heterocycles. The summed E-state index contributed by atoms with van der Waals surface area (Å²) in [5.74, 6) is 0.541. The highest BCUT2D eigenvalue weighted by Crippen LogP contribution is 2.27. The molecular weight excluding hydrogens is 456 g/mol. The molecule has 0 aliphatic carbocycles. The summed E-state index contributed by atoms with van der Waals surface area (Å²) in [6.07, 6.45) is 2.57. The van der Waals surface area contributed by atoms with E-state index in [-0.39, 0.29) is 18.4 Å². The van der Waals surface area contributed by atoms with E-state index in [0.717, 1.165) is 23.4 Å². The van der Waals surface area contributed by atoms with Crippen LogP contribution in [0.4, 0.5) is 11.4 Å². The Kier molecular flexibility index (Phi) is 8.76. The lowest BCUT2D eigenvalue weighted by Gasteiger charge is -2.25. The minimum absolute atomic E-state index is 0.0648. The molecule has 190 valence electrons. The van der Waals surface area contributed by atoms with Crippen molar-refractivity contribution in [3.63, 3.8) is 0 Å². The lowest BCUT2D eigenvalue weighted by molar-refractivity contribution is -0.117. The van der Waals surface area contributed by atoms with Gasteiger partial charge in [-0.3, -0.25) is 9.59 Å². The molecule has 0 unspecified atom stereocenters. The van der Waals surface area contributed by atoms with Crippen molar-refractivity contribution in [3.05, 3.63) is 83.8 Å². The smallest absolute Gasteiger partial charge is 0.251 e. The zero-order valence-electron chi connectivity index (χ0n) is 20.6. The van der Waals surface area contributed by atoms with Gasteiger partial charge in [0.25, 0.3) is 5.91 Å². The number of nitrogens with zero attached hydrogens (tertiary/aromatic N) is 1. The Morgan fingerprint density at radius 3 is 2.67 bits per heavy atom. The van der Waals surface area contributed by atoms with Crippen molar-refractivity contribution in [1.29, 1.82) is 0 Å². The number of hydrogen-bond acceptors (Lipinski definition) is 6. The van der Waals surface area contributed by atoms with Crippen molar-refractivity contribution in [3.8, 4) is 0 Å². The van der Waals surface area contributed by atoms with Crippen LogP contribution in [0, 0.1) is 0 Å². The van der Waals surface area contributed by atoms with Crippen LogP contribution in [0.3, 0.4) is 0 Å². The zero-order chi connectivity index (χ0) is 25.3. The van der Waals surface area contributed by atoms with Crippen molar-refractivity contribution in [2.45, 2.75) is 44.9 Å². The van der Waals surface area contributed by atoms with E-state index in [0.29, 0.717) is 43.7 Å². The van der Waals surface area contributed by atoms with E-state index >= 15 is 0 Å². The maximum atomic E-state index is 13.4. The Balaban J connectivity index is 1.51. The summed E-state index contributed by atoms with van der Waals surface area (Å²) in [6.45, 7) is 4.08. The zero-order valence-corrected chi connectivity index (χ0v) is 20.6. The summed E-state index contributed by atoms with van der Waals surface area (Å²) in [7, 11) is 0. The normalized spacial score (nSPS) is 15.1. The molecule has 1 fully saturated rings. The maximum Gasteiger partial charge on any atom is 0.251 e. The van der Waals surface area contributed by atoms with E-state index in [2.05, 4.69) is 16.0 Å². The van der Waals surface area contributed by atoms with E-state index in [1.54, 1.807) is 23.3 Å². The fraction of sp³-hybridized carbons (Fsp3) is 0.357. The van der Waals surface area contributed by atoms with Gasteiger partial charge in [0.05, 0.1) is 25.0 Å². The summed E-state index contributed by atoms with van der Waals surface area (Å²) in [5.41, 5.74) is 2.94. The predicted octanol–water partition coefficient (Wildman–Crippen LogP) is 3.33. The first-order chi connectivity index (χ1) is 17.5. The molecule has 0 radical (unpaired) electrons. The SMILES string of the molecule is CCNc1cc(C(=O)N[C@@H](Cc2ccccc2)[C@@H](O)CNCc2ccco2)cc(N2CCCC2=O)c1. The Morgan fingerprint density at radius 2 is 1.97 bits per heavy atom. The van der Waals surface area contributed by atoms with Crippen LogP contribution in [0.25, 0.3) is 0 Å². The molecule has 2 heterocycles. The summed E-state index contributed by atoms with van der Waals surface area (Å²) in [4.78, 5) is 27.5. The first-order valence-corrected chi connectivity index (χ1v) is 12.5. The summed E-state index contributed by atoms with van der Waals surface area (Å²) >= 11 is 0. The number of nitrogens with one attached hydrogen (secondary N) is 3. The lowest BCUT2D eigenvalue weighted by Crippen LogP contribution is -2.48. The molecule has 0 spiro atoms. The highest BCUT2D eigenvalue weighted by Gasteiger charge is 2.25. The van der Waals surface area contributed by atoms with Crippen LogP contribution in [0.1, 0.15) is 41.4 Å². The number of carbonyl (C=O) groups excluding carboxylic acids is 2. The number of anilines is 2. The molecule has 8 heteroatoms. The van der Waals surface area contributed by atoms with Crippen LogP contribution in [0.2, 0.25) is 0 Å². The van der Waals surface area contributed by atoms with E-state index < -0.39 is 12.1 Å². The van der Waals surface area contributed by atoms with Gasteiger partial charge in [-0.25, -0.2) is 0 Å². The topological polar surface area (TPSA) is 107 Å². The second-order valence-electron chi connectivity index (χ2n) is 9.00. The Labute approximate surface area is 211 Å². The van der Waals surface area contributed by atoms with Gasteiger partial charge in [0.15, 0.2) is 0 Å². The van der Waals surface area contributed by atoms with E-state index in [1.165, 1.54) is 0 Å². The van der Waals surface area contributed by atoms with Crippen LogP contribution in [-0.4, -0.2) is 48.7 Å². The first kappa shape index (κ1) is 25.5. The monoisotopic (exact) mass is 490 g/mol. The maximum absolute atomic E-state index is 13.4.